The van der Waals surface area contributed by atoms with Crippen molar-refractivity contribution < 1.29 is 17.7 Å². The van der Waals surface area contributed by atoms with Crippen LogP contribution in [0.2, 0.25) is 0 Å². The average molecular weight is 415 g/mol. The van der Waals surface area contributed by atoms with Crippen LogP contribution in [0.4, 0.5) is 13.2 Å². The maximum Gasteiger partial charge on any atom is 0.416 e. The lowest BCUT2D eigenvalue weighted by atomic mass is 9.96. The second-order valence-corrected chi connectivity index (χ2v) is 7.26. The largest absolute Gasteiger partial charge is 0.416 e. The third kappa shape index (κ3) is 3.08. The van der Waals surface area contributed by atoms with E-state index in [9.17, 15) is 18.0 Å². The molecule has 5 rings (SSSR count). The van der Waals surface area contributed by atoms with Crippen molar-refractivity contribution in [3.05, 3.63) is 69.7 Å². The molecule has 3 heterocycles. The van der Waals surface area contributed by atoms with Crippen LogP contribution in [0.25, 0.3) is 16.7 Å². The summed E-state index contributed by atoms with van der Waals surface area (Å²) in [6.07, 6.45) is 2.03. The van der Waals surface area contributed by atoms with Crippen molar-refractivity contribution in [3.8, 4) is 5.69 Å². The number of aryl methyl sites for hydroxylation is 1. The van der Waals surface area contributed by atoms with Gasteiger partial charge in [-0.1, -0.05) is 11.2 Å². The van der Waals surface area contributed by atoms with Crippen LogP contribution in [0.3, 0.4) is 0 Å². The van der Waals surface area contributed by atoms with Crippen molar-refractivity contribution >= 4 is 11.0 Å². The van der Waals surface area contributed by atoms with Gasteiger partial charge in [0.25, 0.3) is 5.56 Å². The molecule has 0 fully saturated rings. The Morgan fingerprint density at radius 3 is 2.83 bits per heavy atom. The molecule has 1 aliphatic rings. The van der Waals surface area contributed by atoms with Crippen LogP contribution in [-0.2, 0) is 25.6 Å². The Morgan fingerprint density at radius 1 is 1.17 bits per heavy atom. The minimum absolute atomic E-state index is 0.176. The first-order valence-electron chi connectivity index (χ1n) is 9.49. The van der Waals surface area contributed by atoms with Crippen LogP contribution < -0.4 is 5.56 Å². The summed E-state index contributed by atoms with van der Waals surface area (Å²) in [5.74, 6) is 0.871. The number of halogens is 3. The molecule has 7 nitrogen and oxygen atoms in total. The normalized spacial score (nSPS) is 14.2. The van der Waals surface area contributed by atoms with E-state index in [1.807, 2.05) is 0 Å². The highest BCUT2D eigenvalue weighted by atomic mass is 19.4. The topological polar surface area (TPSA) is 78.7 Å². The van der Waals surface area contributed by atoms with E-state index in [1.165, 1.54) is 33.9 Å². The molecule has 154 valence electrons. The summed E-state index contributed by atoms with van der Waals surface area (Å²) in [6.45, 7) is 0.218. The van der Waals surface area contributed by atoms with E-state index in [4.69, 9.17) is 4.52 Å². The number of benzene rings is 1. The van der Waals surface area contributed by atoms with Gasteiger partial charge in [-0.25, -0.2) is 9.67 Å². The fourth-order valence-corrected chi connectivity index (χ4v) is 3.80. The Morgan fingerprint density at radius 2 is 2.00 bits per heavy atom. The Kier molecular flexibility index (Phi) is 4.23. The van der Waals surface area contributed by atoms with Crippen LogP contribution in [0.5, 0.6) is 0 Å². The lowest BCUT2D eigenvalue weighted by Crippen LogP contribution is -2.22. The Bertz CT molecular complexity index is 1300. The van der Waals surface area contributed by atoms with E-state index in [0.717, 1.165) is 49.1 Å². The van der Waals surface area contributed by atoms with Gasteiger partial charge in [-0.15, -0.1) is 0 Å². The second-order valence-electron chi connectivity index (χ2n) is 7.26. The summed E-state index contributed by atoms with van der Waals surface area (Å²) >= 11 is 0. The SMILES string of the molecule is O=c1c2cnn(-c3cccc(C(F)(F)F)c3)c2ncn1Cc1noc2c1CCCC2. The number of nitrogens with zero attached hydrogens (tertiary/aromatic N) is 5. The molecule has 0 spiro atoms. The third-order valence-electron chi connectivity index (χ3n) is 5.32. The summed E-state index contributed by atoms with van der Waals surface area (Å²) in [5, 5.41) is 8.42. The Labute approximate surface area is 167 Å². The summed E-state index contributed by atoms with van der Waals surface area (Å²) in [5.41, 5.74) is 0.984. The molecule has 3 aromatic heterocycles. The lowest BCUT2D eigenvalue weighted by molar-refractivity contribution is -0.137. The van der Waals surface area contributed by atoms with Crippen LogP contribution in [-0.4, -0.2) is 24.5 Å². The smallest absolute Gasteiger partial charge is 0.361 e. The van der Waals surface area contributed by atoms with Crippen LogP contribution >= 0.6 is 0 Å². The second kappa shape index (κ2) is 6.82. The molecule has 0 bridgehead atoms. The monoisotopic (exact) mass is 415 g/mol. The van der Waals surface area contributed by atoms with Crippen LogP contribution in [0, 0.1) is 0 Å². The number of aromatic nitrogens is 5. The van der Waals surface area contributed by atoms with Crippen molar-refractivity contribution in [2.75, 3.05) is 0 Å². The van der Waals surface area contributed by atoms with E-state index in [-0.39, 0.29) is 28.8 Å². The van der Waals surface area contributed by atoms with E-state index < -0.39 is 11.7 Å². The average Bonchev–Trinajstić information content (AvgIpc) is 3.34. The van der Waals surface area contributed by atoms with E-state index >= 15 is 0 Å². The minimum Gasteiger partial charge on any atom is -0.361 e. The molecule has 0 aliphatic heterocycles. The zero-order valence-corrected chi connectivity index (χ0v) is 15.7. The highest BCUT2D eigenvalue weighted by molar-refractivity contribution is 5.75. The zero-order valence-electron chi connectivity index (χ0n) is 15.7. The highest BCUT2D eigenvalue weighted by Gasteiger charge is 2.30. The van der Waals surface area contributed by atoms with E-state index in [0.29, 0.717) is 5.69 Å². The summed E-state index contributed by atoms with van der Waals surface area (Å²) in [4.78, 5) is 17.2. The van der Waals surface area contributed by atoms with Crippen LogP contribution in [0.15, 0.2) is 46.1 Å². The number of rotatable bonds is 3. The van der Waals surface area contributed by atoms with Crippen molar-refractivity contribution in [2.45, 2.75) is 38.4 Å². The van der Waals surface area contributed by atoms with E-state index in [1.54, 1.807) is 0 Å². The maximum absolute atomic E-state index is 13.0. The molecule has 0 unspecified atom stereocenters. The molecule has 1 aliphatic carbocycles. The fourth-order valence-electron chi connectivity index (χ4n) is 3.80. The molecule has 0 amide bonds. The number of alkyl halides is 3. The first-order chi connectivity index (χ1) is 14.4. The van der Waals surface area contributed by atoms with Crippen molar-refractivity contribution in [2.24, 2.45) is 0 Å². The Hall–Kier alpha value is -3.43. The first kappa shape index (κ1) is 18.6. The Balaban J connectivity index is 1.53. The van der Waals surface area contributed by atoms with Gasteiger partial charge in [0, 0.05) is 12.0 Å². The molecule has 30 heavy (non-hydrogen) atoms. The van der Waals surface area contributed by atoms with Crippen LogP contribution in [0.1, 0.15) is 35.4 Å². The van der Waals surface area contributed by atoms with E-state index in [2.05, 4.69) is 15.2 Å². The molecule has 10 heteroatoms. The van der Waals surface area contributed by atoms with Gasteiger partial charge in [0.1, 0.15) is 23.2 Å². The number of hydrogen-bond acceptors (Lipinski definition) is 5. The molecule has 0 radical (unpaired) electrons. The van der Waals surface area contributed by atoms with Crippen molar-refractivity contribution in [1.29, 1.82) is 0 Å². The van der Waals surface area contributed by atoms with Gasteiger partial charge in [0.15, 0.2) is 5.65 Å². The summed E-state index contributed by atoms with van der Waals surface area (Å²) < 4.78 is 47.1. The fraction of sp³-hybridized carbons (Fsp3) is 0.300. The third-order valence-corrected chi connectivity index (χ3v) is 5.32. The lowest BCUT2D eigenvalue weighted by Gasteiger charge is -2.10. The molecular weight excluding hydrogens is 399 g/mol. The van der Waals surface area contributed by atoms with Gasteiger partial charge < -0.3 is 4.52 Å². The van der Waals surface area contributed by atoms with Gasteiger partial charge in [-0.3, -0.25) is 9.36 Å². The molecule has 0 saturated heterocycles. The number of hydrogen-bond donors (Lipinski definition) is 0. The molecular formula is C20H16F3N5O2. The predicted molar refractivity (Wildman–Crippen MR) is 100 cm³/mol. The molecule has 0 saturated carbocycles. The standard InChI is InChI=1S/C20H16F3N5O2/c21-20(22,23)12-4-3-5-13(8-12)28-18-15(9-25-28)19(29)27(11-24-18)10-16-14-6-1-2-7-17(14)30-26-16/h3-5,8-9,11H,1-2,6-7,10H2. The number of fused-ring (bicyclic) bond motifs is 2. The quantitative estimate of drug-likeness (QED) is 0.512. The molecule has 0 N–H and O–H groups in total. The summed E-state index contributed by atoms with van der Waals surface area (Å²) in [7, 11) is 0. The van der Waals surface area contributed by atoms with Crippen molar-refractivity contribution in [1.82, 2.24) is 24.5 Å². The summed E-state index contributed by atoms with van der Waals surface area (Å²) in [6, 6.07) is 4.73. The van der Waals surface area contributed by atoms with Gasteiger partial charge in [0.2, 0.25) is 0 Å². The van der Waals surface area contributed by atoms with Gasteiger partial charge in [-0.2, -0.15) is 18.3 Å². The highest BCUT2D eigenvalue weighted by Crippen LogP contribution is 2.30. The first-order valence-corrected chi connectivity index (χ1v) is 9.49. The van der Waals surface area contributed by atoms with Gasteiger partial charge in [-0.05, 0) is 37.5 Å². The zero-order chi connectivity index (χ0) is 20.9. The van der Waals surface area contributed by atoms with Gasteiger partial charge in [0.05, 0.1) is 24.0 Å². The molecule has 1 aromatic carbocycles. The minimum atomic E-state index is -4.48. The van der Waals surface area contributed by atoms with Crippen molar-refractivity contribution in [3.63, 3.8) is 0 Å². The molecule has 4 aromatic rings. The maximum atomic E-state index is 13.0. The molecule has 0 atom stereocenters. The predicted octanol–water partition coefficient (Wildman–Crippen LogP) is 3.52. The van der Waals surface area contributed by atoms with Gasteiger partial charge >= 0.3 is 6.18 Å².